The zero-order valence-electron chi connectivity index (χ0n) is 14.9. The minimum atomic E-state index is -2.21. The highest BCUT2D eigenvalue weighted by molar-refractivity contribution is 6.70. The van der Waals surface area contributed by atoms with Gasteiger partial charge in [-0.25, -0.2) is 9.79 Å². The topological polar surface area (TPSA) is 57.1 Å². The van der Waals surface area contributed by atoms with Crippen LogP contribution in [0.4, 0.5) is 0 Å². The molecule has 22 heavy (non-hydrogen) atoms. The van der Waals surface area contributed by atoms with E-state index in [1.54, 1.807) is 6.92 Å². The summed E-state index contributed by atoms with van der Waals surface area (Å²) in [5.41, 5.74) is 0. The third-order valence-electron chi connectivity index (χ3n) is 4.00. The largest absolute Gasteiger partial charge is 0.393 e. The van der Waals surface area contributed by atoms with Gasteiger partial charge >= 0.3 is 8.56 Å². The summed E-state index contributed by atoms with van der Waals surface area (Å²) in [4.78, 5) is 12.3. The molecule has 0 aromatic carbocycles. The van der Waals surface area contributed by atoms with E-state index < -0.39 is 8.56 Å². The molecule has 6 heteroatoms. The van der Waals surface area contributed by atoms with Crippen LogP contribution in [0.2, 0.25) is 6.04 Å². The lowest BCUT2D eigenvalue weighted by atomic mass is 10.1. The first-order valence-corrected chi connectivity index (χ1v) is 10.6. The second-order valence-corrected chi connectivity index (χ2v) is 8.67. The molecule has 1 aliphatic heterocycles. The molecule has 1 rings (SSSR count). The molecule has 0 radical (unpaired) electrons. The molecule has 1 aliphatic rings. The summed E-state index contributed by atoms with van der Waals surface area (Å²) in [6.07, 6.45) is 5.96. The van der Waals surface area contributed by atoms with Crippen LogP contribution in [0.1, 0.15) is 60.3 Å². The van der Waals surface area contributed by atoms with Crippen LogP contribution in [0.25, 0.3) is 0 Å². The number of hydrogen-bond donors (Lipinski definition) is 0. The van der Waals surface area contributed by atoms with Gasteiger partial charge in [0, 0.05) is 26.4 Å². The van der Waals surface area contributed by atoms with Crippen molar-refractivity contribution in [3.05, 3.63) is 0 Å². The molecule has 0 aromatic heterocycles. The zero-order valence-corrected chi connectivity index (χ0v) is 15.9. The maximum atomic E-state index is 9.11. The summed E-state index contributed by atoms with van der Waals surface area (Å²) < 4.78 is 18.5. The van der Waals surface area contributed by atoms with Crippen molar-refractivity contribution in [1.29, 1.82) is 0 Å². The molecule has 1 unspecified atom stereocenters. The lowest BCUT2D eigenvalue weighted by Crippen LogP contribution is -2.65. The Morgan fingerprint density at radius 1 is 1.05 bits per heavy atom. The smallest absolute Gasteiger partial charge is 0.371 e. The van der Waals surface area contributed by atoms with Gasteiger partial charge in [-0.2, -0.15) is 0 Å². The quantitative estimate of drug-likeness (QED) is 0.386. The summed E-state index contributed by atoms with van der Waals surface area (Å²) in [6, 6.07) is 1.09. The highest BCUT2D eigenvalue weighted by Gasteiger charge is 2.58. The average Bonchev–Trinajstić information content (AvgIpc) is 2.52. The van der Waals surface area contributed by atoms with Gasteiger partial charge in [0.15, 0.2) is 0 Å². The molecule has 1 fully saturated rings. The predicted octanol–water partition coefficient (Wildman–Crippen LogP) is 3.75. The standard InChI is InChI=1S/C13H28O3Si.C3H5NO/c1-5-13(14-6-2)11-9-10-12-17(13,15-7-3)16-8-4;1-2-4-3-5/h5-12H2,1-4H3;2H2,1H3. The minimum absolute atomic E-state index is 0.119. The lowest BCUT2D eigenvalue weighted by molar-refractivity contribution is -0.0426. The van der Waals surface area contributed by atoms with Crippen LogP contribution in [-0.4, -0.2) is 46.2 Å². The monoisotopic (exact) mass is 331 g/mol. The van der Waals surface area contributed by atoms with Crippen molar-refractivity contribution in [1.82, 2.24) is 0 Å². The molecule has 0 saturated carbocycles. The number of aliphatic imine (C=N–C) groups is 1. The fraction of sp³-hybridized carbons (Fsp3) is 0.938. The Balaban J connectivity index is 0.000000763. The first kappa shape index (κ1) is 21.5. The Labute approximate surface area is 136 Å². The van der Waals surface area contributed by atoms with Crippen LogP contribution in [0, 0.1) is 0 Å². The summed E-state index contributed by atoms with van der Waals surface area (Å²) in [5, 5.41) is -0.119. The molecule has 0 N–H and O–H groups in total. The summed E-state index contributed by atoms with van der Waals surface area (Å²) in [6.45, 7) is 13.0. The molecule has 5 nitrogen and oxygen atoms in total. The minimum Gasteiger partial charge on any atom is -0.393 e. The van der Waals surface area contributed by atoms with Gasteiger partial charge in [0.25, 0.3) is 0 Å². The maximum Gasteiger partial charge on any atom is 0.371 e. The highest BCUT2D eigenvalue weighted by atomic mass is 28.4. The van der Waals surface area contributed by atoms with Crippen LogP contribution < -0.4 is 0 Å². The van der Waals surface area contributed by atoms with E-state index in [0.717, 1.165) is 38.7 Å². The van der Waals surface area contributed by atoms with Gasteiger partial charge in [-0.3, -0.25) is 0 Å². The van der Waals surface area contributed by atoms with Crippen LogP contribution in [0.15, 0.2) is 4.99 Å². The van der Waals surface area contributed by atoms with E-state index in [9.17, 15) is 0 Å². The van der Waals surface area contributed by atoms with Crippen molar-refractivity contribution in [2.75, 3.05) is 26.4 Å². The highest BCUT2D eigenvalue weighted by Crippen LogP contribution is 2.42. The van der Waals surface area contributed by atoms with Gasteiger partial charge < -0.3 is 13.6 Å². The number of nitrogens with zero attached hydrogens (tertiary/aromatic N) is 1. The molecule has 0 spiro atoms. The summed E-state index contributed by atoms with van der Waals surface area (Å²) in [5.74, 6) is 0. The van der Waals surface area contributed by atoms with Crippen molar-refractivity contribution < 1.29 is 18.4 Å². The van der Waals surface area contributed by atoms with Crippen molar-refractivity contribution in [2.45, 2.75) is 71.6 Å². The molecule has 0 aliphatic carbocycles. The number of carbonyl (C=O) groups excluding carboxylic acids is 1. The fourth-order valence-corrected chi connectivity index (χ4v) is 7.64. The third-order valence-corrected chi connectivity index (χ3v) is 8.66. The van der Waals surface area contributed by atoms with Crippen LogP contribution >= 0.6 is 0 Å². The fourth-order valence-electron chi connectivity index (χ4n) is 3.17. The number of hydrogen-bond acceptors (Lipinski definition) is 5. The second-order valence-electron chi connectivity index (χ2n) is 5.17. The van der Waals surface area contributed by atoms with Gasteiger partial charge in [-0.15, -0.1) is 0 Å². The number of rotatable bonds is 8. The van der Waals surface area contributed by atoms with Crippen LogP contribution in [0.5, 0.6) is 0 Å². The molecule has 0 bridgehead atoms. The number of ether oxygens (including phenoxy) is 1. The molecular formula is C16H33NO4Si. The van der Waals surface area contributed by atoms with Gasteiger partial charge in [-0.1, -0.05) is 19.8 Å². The van der Waals surface area contributed by atoms with E-state index in [-0.39, 0.29) is 5.22 Å². The van der Waals surface area contributed by atoms with E-state index in [1.165, 1.54) is 18.9 Å². The first-order valence-electron chi connectivity index (χ1n) is 8.57. The molecule has 0 amide bonds. The Morgan fingerprint density at radius 2 is 1.68 bits per heavy atom. The second kappa shape index (κ2) is 12.0. The van der Waals surface area contributed by atoms with Crippen molar-refractivity contribution in [3.8, 4) is 0 Å². The Kier molecular flexibility index (Phi) is 11.7. The van der Waals surface area contributed by atoms with Gasteiger partial charge in [0.05, 0.1) is 0 Å². The van der Waals surface area contributed by atoms with Gasteiger partial charge in [0.1, 0.15) is 5.22 Å². The third kappa shape index (κ3) is 5.59. The molecule has 1 heterocycles. The Bertz CT molecular complexity index is 319. The van der Waals surface area contributed by atoms with Crippen molar-refractivity contribution >= 4 is 14.6 Å². The summed E-state index contributed by atoms with van der Waals surface area (Å²) >= 11 is 0. The van der Waals surface area contributed by atoms with Crippen molar-refractivity contribution in [3.63, 3.8) is 0 Å². The normalized spacial score (nSPS) is 23.1. The van der Waals surface area contributed by atoms with E-state index in [4.69, 9.17) is 18.4 Å². The van der Waals surface area contributed by atoms with E-state index >= 15 is 0 Å². The SMILES string of the molecule is CCN=C=O.CCOC1(CC)CCCC[Si]1(OCC)OCC. The molecular weight excluding hydrogens is 298 g/mol. The van der Waals surface area contributed by atoms with Crippen LogP contribution in [0.3, 0.4) is 0 Å². The van der Waals surface area contributed by atoms with E-state index in [2.05, 4.69) is 32.7 Å². The Hall–Kier alpha value is -0.523. The predicted molar refractivity (Wildman–Crippen MR) is 91.0 cm³/mol. The Morgan fingerprint density at radius 3 is 2.05 bits per heavy atom. The van der Waals surface area contributed by atoms with E-state index in [1.807, 2.05) is 0 Å². The number of isocyanates is 1. The lowest BCUT2D eigenvalue weighted by Gasteiger charge is -2.49. The first-order chi connectivity index (χ1) is 10.6. The van der Waals surface area contributed by atoms with Gasteiger partial charge in [-0.05, 0) is 46.6 Å². The van der Waals surface area contributed by atoms with E-state index in [0.29, 0.717) is 6.54 Å². The van der Waals surface area contributed by atoms with Gasteiger partial charge in [0.2, 0.25) is 6.08 Å². The van der Waals surface area contributed by atoms with Crippen LogP contribution in [-0.2, 0) is 18.4 Å². The molecule has 1 atom stereocenters. The molecule has 0 aromatic rings. The molecule has 130 valence electrons. The maximum absolute atomic E-state index is 9.11. The summed E-state index contributed by atoms with van der Waals surface area (Å²) in [7, 11) is -2.21. The zero-order chi connectivity index (χ0) is 16.9. The average molecular weight is 332 g/mol. The molecule has 1 saturated heterocycles. The van der Waals surface area contributed by atoms with Crippen molar-refractivity contribution in [2.24, 2.45) is 4.99 Å².